The van der Waals surface area contributed by atoms with Crippen LogP contribution in [0.15, 0.2) is 36.2 Å². The number of rotatable bonds is 7. The number of benzene rings is 1. The molecule has 1 unspecified atom stereocenters. The number of nitrogens with one attached hydrogen (secondary N) is 3. The van der Waals surface area contributed by atoms with Crippen molar-refractivity contribution in [2.75, 3.05) is 31.3 Å². The van der Waals surface area contributed by atoms with Crippen LogP contribution in [0.1, 0.15) is 35.3 Å². The number of aliphatic hydroxyl groups excluding tert-OH is 1. The van der Waals surface area contributed by atoms with E-state index in [9.17, 15) is 23.1 Å². The third-order valence-corrected chi connectivity index (χ3v) is 5.20. The summed E-state index contributed by atoms with van der Waals surface area (Å²) in [5.74, 6) is 0.671. The number of amides is 2. The molecule has 2 amide bonds. The van der Waals surface area contributed by atoms with Crippen molar-refractivity contribution in [2.24, 2.45) is 0 Å². The average Bonchev–Trinajstić information content (AvgIpc) is 2.77. The number of halogens is 3. The van der Waals surface area contributed by atoms with E-state index in [1.807, 2.05) is 0 Å². The van der Waals surface area contributed by atoms with Gasteiger partial charge in [-0.1, -0.05) is 6.07 Å². The second kappa shape index (κ2) is 11.0. The van der Waals surface area contributed by atoms with Crippen molar-refractivity contribution in [2.45, 2.75) is 39.7 Å². The van der Waals surface area contributed by atoms with Gasteiger partial charge >= 0.3 is 12.2 Å². The van der Waals surface area contributed by atoms with E-state index < -0.39 is 24.0 Å². The monoisotopic (exact) mass is 506 g/mol. The lowest BCUT2D eigenvalue weighted by molar-refractivity contribution is -0.138. The Morgan fingerprint density at radius 2 is 1.86 bits per heavy atom. The van der Waals surface area contributed by atoms with Gasteiger partial charge in [0.2, 0.25) is 0 Å². The van der Waals surface area contributed by atoms with Crippen molar-refractivity contribution in [1.82, 2.24) is 20.2 Å². The lowest BCUT2D eigenvalue weighted by atomic mass is 10.1. The molecule has 2 aromatic rings. The molecule has 1 aliphatic rings. The van der Waals surface area contributed by atoms with Crippen LogP contribution < -0.4 is 16.0 Å². The molecule has 12 heteroatoms. The van der Waals surface area contributed by atoms with Gasteiger partial charge < -0.3 is 30.7 Å². The summed E-state index contributed by atoms with van der Waals surface area (Å²) in [4.78, 5) is 23.1. The van der Waals surface area contributed by atoms with Gasteiger partial charge in [-0.2, -0.15) is 13.2 Å². The number of aliphatic hydroxyl groups is 1. The molecule has 0 saturated heterocycles. The quantitative estimate of drug-likeness (QED) is 0.449. The smallest absolute Gasteiger partial charge is 0.416 e. The van der Waals surface area contributed by atoms with Gasteiger partial charge in [0.1, 0.15) is 5.76 Å². The third-order valence-electron chi connectivity index (χ3n) is 5.20. The number of aryl methyl sites for hydroxylation is 2. The summed E-state index contributed by atoms with van der Waals surface area (Å²) in [6.45, 7) is 5.62. The van der Waals surface area contributed by atoms with E-state index in [-0.39, 0.29) is 17.8 Å². The number of carbonyl (C=O) groups is 1. The number of carbonyl (C=O) groups excluding carboxylic acids is 1. The van der Waals surface area contributed by atoms with Gasteiger partial charge in [0.05, 0.1) is 29.2 Å². The molecule has 2 heterocycles. The minimum atomic E-state index is -4.56. The van der Waals surface area contributed by atoms with Crippen LogP contribution in [0.3, 0.4) is 0 Å². The summed E-state index contributed by atoms with van der Waals surface area (Å²) >= 11 is 0. The van der Waals surface area contributed by atoms with Crippen molar-refractivity contribution < 1.29 is 27.8 Å². The van der Waals surface area contributed by atoms with Crippen LogP contribution in [0.2, 0.25) is 0 Å². The molecule has 0 radical (unpaired) electrons. The number of nitrogens with zero attached hydrogens (tertiary/aromatic N) is 3. The highest BCUT2D eigenvalue weighted by Gasteiger charge is 2.33. The number of aromatic nitrogens is 2. The fourth-order valence-corrected chi connectivity index (χ4v) is 3.64. The van der Waals surface area contributed by atoms with Crippen LogP contribution in [0.25, 0.3) is 5.57 Å². The molecule has 0 fully saturated rings. The Hall–Kier alpha value is -3.64. The molecule has 0 aliphatic carbocycles. The molecule has 9 nitrogen and oxygen atoms in total. The van der Waals surface area contributed by atoms with Gasteiger partial charge in [-0.25, -0.2) is 14.8 Å². The van der Waals surface area contributed by atoms with E-state index in [1.165, 1.54) is 12.1 Å². The molecular formula is C24H29F3N6O3. The molecule has 1 aliphatic heterocycles. The predicted molar refractivity (Wildman–Crippen MR) is 130 cm³/mol. The summed E-state index contributed by atoms with van der Waals surface area (Å²) < 4.78 is 46.1. The van der Waals surface area contributed by atoms with E-state index >= 15 is 0 Å². The molecule has 36 heavy (non-hydrogen) atoms. The fourth-order valence-electron chi connectivity index (χ4n) is 3.64. The van der Waals surface area contributed by atoms with Gasteiger partial charge in [0.15, 0.2) is 12.1 Å². The Labute approximate surface area is 207 Å². The zero-order valence-corrected chi connectivity index (χ0v) is 20.6. The van der Waals surface area contributed by atoms with Crippen molar-refractivity contribution in [1.29, 1.82) is 0 Å². The van der Waals surface area contributed by atoms with Crippen LogP contribution in [-0.2, 0) is 17.5 Å². The van der Waals surface area contributed by atoms with Crippen LogP contribution >= 0.6 is 0 Å². The first-order valence-corrected chi connectivity index (χ1v) is 11.2. The second-order valence-corrected chi connectivity index (χ2v) is 8.43. The fraction of sp³-hybridized carbons (Fsp3) is 0.375. The standard InChI is InChI=1S/C24H29F3N6O3/c1-6-36-19-9-16(11-28-22(19)34)21-29-13(2)20(14(3)30-21)32-23(35)31-17-8-7-15(12-33(4)5)18(10-17)24(25,26)27/h7-11,22,28,34H,6,12H2,1-5H3,(H2,31,32,35). The van der Waals surface area contributed by atoms with Crippen LogP contribution in [0.5, 0.6) is 0 Å². The first-order valence-electron chi connectivity index (χ1n) is 11.2. The predicted octanol–water partition coefficient (Wildman–Crippen LogP) is 4.00. The molecule has 0 bridgehead atoms. The molecule has 4 N–H and O–H groups in total. The Kier molecular flexibility index (Phi) is 8.21. The van der Waals surface area contributed by atoms with Crippen molar-refractivity contribution in [3.8, 4) is 0 Å². The van der Waals surface area contributed by atoms with Crippen LogP contribution in [0.4, 0.5) is 29.3 Å². The first-order chi connectivity index (χ1) is 16.9. The minimum Gasteiger partial charge on any atom is -0.493 e. The van der Waals surface area contributed by atoms with E-state index in [0.717, 1.165) is 6.07 Å². The van der Waals surface area contributed by atoms with Crippen LogP contribution in [-0.4, -0.2) is 52.9 Å². The maximum atomic E-state index is 13.6. The van der Waals surface area contributed by atoms with E-state index in [0.29, 0.717) is 40.8 Å². The topological polar surface area (TPSA) is 112 Å². The highest BCUT2D eigenvalue weighted by Crippen LogP contribution is 2.34. The zero-order chi connectivity index (χ0) is 26.6. The summed E-state index contributed by atoms with van der Waals surface area (Å²) in [6, 6.07) is 2.95. The summed E-state index contributed by atoms with van der Waals surface area (Å²) in [5, 5.41) is 17.8. The minimum absolute atomic E-state index is 0.000703. The maximum Gasteiger partial charge on any atom is 0.416 e. The molecule has 1 aromatic carbocycles. The number of ether oxygens (including phenoxy) is 1. The number of urea groups is 1. The van der Waals surface area contributed by atoms with Crippen LogP contribution in [0, 0.1) is 13.8 Å². The lowest BCUT2D eigenvalue weighted by Crippen LogP contribution is -2.30. The third kappa shape index (κ3) is 6.52. The largest absolute Gasteiger partial charge is 0.493 e. The van der Waals surface area contributed by atoms with Crippen molar-refractivity contribution >= 4 is 23.0 Å². The number of alkyl halides is 3. The van der Waals surface area contributed by atoms with Crippen molar-refractivity contribution in [3.63, 3.8) is 0 Å². The highest BCUT2D eigenvalue weighted by atomic mass is 19.4. The molecule has 1 atom stereocenters. The van der Waals surface area contributed by atoms with Gasteiger partial charge in [-0.3, -0.25) is 0 Å². The Balaban J connectivity index is 1.79. The molecular weight excluding hydrogens is 477 g/mol. The molecule has 0 saturated carbocycles. The molecule has 1 aromatic heterocycles. The zero-order valence-electron chi connectivity index (χ0n) is 20.6. The maximum absolute atomic E-state index is 13.6. The molecule has 3 rings (SSSR count). The van der Waals surface area contributed by atoms with E-state index in [1.54, 1.807) is 52.0 Å². The van der Waals surface area contributed by atoms with Gasteiger partial charge in [-0.05, 0) is 58.6 Å². The number of allylic oxidation sites excluding steroid dienone is 2. The molecule has 0 spiro atoms. The second-order valence-electron chi connectivity index (χ2n) is 8.43. The Morgan fingerprint density at radius 1 is 1.19 bits per heavy atom. The highest BCUT2D eigenvalue weighted by molar-refractivity contribution is 6.00. The van der Waals surface area contributed by atoms with Gasteiger partial charge in [0, 0.05) is 24.0 Å². The van der Waals surface area contributed by atoms with E-state index in [2.05, 4.69) is 25.9 Å². The van der Waals surface area contributed by atoms with Gasteiger partial charge in [-0.15, -0.1) is 0 Å². The summed E-state index contributed by atoms with van der Waals surface area (Å²) in [5.41, 5.74) is 1.09. The lowest BCUT2D eigenvalue weighted by Gasteiger charge is -2.21. The first kappa shape index (κ1) is 27.0. The molecule has 194 valence electrons. The Morgan fingerprint density at radius 3 is 2.44 bits per heavy atom. The number of hydrogen-bond donors (Lipinski definition) is 4. The summed E-state index contributed by atoms with van der Waals surface area (Å²) in [7, 11) is 3.35. The van der Waals surface area contributed by atoms with Gasteiger partial charge in [0.25, 0.3) is 0 Å². The number of anilines is 2. The summed E-state index contributed by atoms with van der Waals surface area (Å²) in [6.07, 6.45) is -2.36. The number of dihydropyridines is 1. The SMILES string of the molecule is CCOC1=CC(c2nc(C)c(NC(=O)Nc3ccc(CN(C)C)c(C(F)(F)F)c3)c(C)n2)=CNC1O. The van der Waals surface area contributed by atoms with Crippen molar-refractivity contribution in [3.05, 3.63) is 64.6 Å². The van der Waals surface area contributed by atoms with E-state index in [4.69, 9.17) is 4.74 Å². The normalized spacial score (nSPS) is 15.7. The Bertz CT molecular complexity index is 1170. The number of hydrogen-bond acceptors (Lipinski definition) is 7. The average molecular weight is 507 g/mol.